The third kappa shape index (κ3) is 3.10. The van der Waals surface area contributed by atoms with Crippen LogP contribution in [0.2, 0.25) is 0 Å². The Balaban J connectivity index is 2.20. The first kappa shape index (κ1) is 13.1. The first-order chi connectivity index (χ1) is 9.08. The van der Waals surface area contributed by atoms with Gasteiger partial charge in [0.2, 0.25) is 0 Å². The van der Waals surface area contributed by atoms with E-state index in [1.165, 1.54) is 6.07 Å². The average molecular weight is 257 g/mol. The summed E-state index contributed by atoms with van der Waals surface area (Å²) in [5.41, 5.74) is 2.98. The number of benzene rings is 2. The summed E-state index contributed by atoms with van der Waals surface area (Å²) in [5, 5.41) is 11.0. The van der Waals surface area contributed by atoms with E-state index in [0.29, 0.717) is 12.4 Å². The fourth-order valence-corrected chi connectivity index (χ4v) is 1.82. The van der Waals surface area contributed by atoms with Crippen molar-refractivity contribution in [3.63, 3.8) is 0 Å². The van der Waals surface area contributed by atoms with Crippen LogP contribution in [0.5, 0.6) is 5.75 Å². The molecule has 0 saturated carbocycles. The molecule has 2 aromatic carbocycles. The number of nitro groups is 1. The summed E-state index contributed by atoms with van der Waals surface area (Å²) in [5.74, 6) is 0.304. The molecule has 0 unspecified atom stereocenters. The average Bonchev–Trinajstić information content (AvgIpc) is 2.38. The van der Waals surface area contributed by atoms with Crippen molar-refractivity contribution in [2.45, 2.75) is 20.5 Å². The highest BCUT2D eigenvalue weighted by Gasteiger charge is 2.15. The van der Waals surface area contributed by atoms with Crippen LogP contribution >= 0.6 is 0 Å². The van der Waals surface area contributed by atoms with Crippen LogP contribution < -0.4 is 4.74 Å². The minimum atomic E-state index is -0.416. The van der Waals surface area contributed by atoms with E-state index >= 15 is 0 Å². The Morgan fingerprint density at radius 1 is 1.16 bits per heavy atom. The van der Waals surface area contributed by atoms with E-state index in [4.69, 9.17) is 4.74 Å². The Labute approximate surface area is 111 Å². The highest BCUT2D eigenvalue weighted by Crippen LogP contribution is 2.28. The fourth-order valence-electron chi connectivity index (χ4n) is 1.82. The number of hydrogen-bond acceptors (Lipinski definition) is 3. The smallest absolute Gasteiger partial charge is 0.311 e. The van der Waals surface area contributed by atoms with Gasteiger partial charge < -0.3 is 4.74 Å². The Bertz CT molecular complexity index is 608. The van der Waals surface area contributed by atoms with E-state index in [0.717, 1.165) is 16.7 Å². The van der Waals surface area contributed by atoms with E-state index in [1.807, 2.05) is 38.1 Å². The molecule has 0 atom stereocenters. The maximum atomic E-state index is 11.0. The van der Waals surface area contributed by atoms with Gasteiger partial charge >= 0.3 is 5.69 Å². The number of nitrogens with zero attached hydrogens (tertiary/aromatic N) is 1. The van der Waals surface area contributed by atoms with E-state index in [-0.39, 0.29) is 5.69 Å². The van der Waals surface area contributed by atoms with Gasteiger partial charge in [-0.3, -0.25) is 10.1 Å². The van der Waals surface area contributed by atoms with Crippen molar-refractivity contribution >= 4 is 5.69 Å². The minimum Gasteiger partial charge on any atom is -0.482 e. The molecule has 0 spiro atoms. The SMILES string of the molecule is Cc1ccc(OCc2ccccc2C)c([N+](=O)[O-])c1. The van der Waals surface area contributed by atoms with Crippen LogP contribution in [-0.4, -0.2) is 4.92 Å². The van der Waals surface area contributed by atoms with Crippen LogP contribution in [0.4, 0.5) is 5.69 Å². The molecule has 0 aromatic heterocycles. The molecule has 0 amide bonds. The lowest BCUT2D eigenvalue weighted by molar-refractivity contribution is -0.386. The van der Waals surface area contributed by atoms with Crippen LogP contribution in [0.3, 0.4) is 0 Å². The van der Waals surface area contributed by atoms with Crippen molar-refractivity contribution in [3.05, 3.63) is 69.3 Å². The molecule has 0 aliphatic heterocycles. The third-order valence-electron chi connectivity index (χ3n) is 2.96. The monoisotopic (exact) mass is 257 g/mol. The standard InChI is InChI=1S/C15H15NO3/c1-11-7-8-15(14(9-11)16(17)18)19-10-13-6-4-3-5-12(13)2/h3-9H,10H2,1-2H3. The summed E-state index contributed by atoms with van der Waals surface area (Å²) >= 11 is 0. The van der Waals surface area contributed by atoms with E-state index in [9.17, 15) is 10.1 Å². The fraction of sp³-hybridized carbons (Fsp3) is 0.200. The zero-order valence-corrected chi connectivity index (χ0v) is 10.9. The molecule has 0 aliphatic carbocycles. The molecule has 19 heavy (non-hydrogen) atoms. The van der Waals surface area contributed by atoms with Crippen LogP contribution in [0.25, 0.3) is 0 Å². The van der Waals surface area contributed by atoms with Crippen LogP contribution in [0.1, 0.15) is 16.7 Å². The molecule has 4 heteroatoms. The summed E-state index contributed by atoms with van der Waals surface area (Å²) < 4.78 is 5.58. The predicted octanol–water partition coefficient (Wildman–Crippen LogP) is 3.79. The highest BCUT2D eigenvalue weighted by atomic mass is 16.6. The van der Waals surface area contributed by atoms with Crippen molar-refractivity contribution in [2.24, 2.45) is 0 Å². The number of hydrogen-bond donors (Lipinski definition) is 0. The molecular weight excluding hydrogens is 242 g/mol. The van der Waals surface area contributed by atoms with Gasteiger partial charge in [0.15, 0.2) is 5.75 Å². The van der Waals surface area contributed by atoms with Gasteiger partial charge in [0, 0.05) is 6.07 Å². The Morgan fingerprint density at radius 3 is 2.58 bits per heavy atom. The van der Waals surface area contributed by atoms with Gasteiger partial charge in [-0.25, -0.2) is 0 Å². The maximum absolute atomic E-state index is 11.0. The molecular formula is C15H15NO3. The number of rotatable bonds is 4. The lowest BCUT2D eigenvalue weighted by Gasteiger charge is -2.09. The Hall–Kier alpha value is -2.36. The van der Waals surface area contributed by atoms with Crippen molar-refractivity contribution in [3.8, 4) is 5.75 Å². The molecule has 0 heterocycles. The second-order valence-electron chi connectivity index (χ2n) is 4.44. The van der Waals surface area contributed by atoms with Gasteiger partial charge in [0.1, 0.15) is 6.61 Å². The van der Waals surface area contributed by atoms with Crippen molar-refractivity contribution in [1.29, 1.82) is 0 Å². The molecule has 4 nitrogen and oxygen atoms in total. The summed E-state index contributed by atoms with van der Waals surface area (Å²) in [4.78, 5) is 10.6. The largest absolute Gasteiger partial charge is 0.482 e. The predicted molar refractivity (Wildman–Crippen MR) is 73.3 cm³/mol. The summed E-state index contributed by atoms with van der Waals surface area (Å²) in [6.07, 6.45) is 0. The lowest BCUT2D eigenvalue weighted by atomic mass is 10.1. The number of nitro benzene ring substituents is 1. The molecule has 0 bridgehead atoms. The summed E-state index contributed by atoms with van der Waals surface area (Å²) in [6, 6.07) is 12.8. The molecule has 0 N–H and O–H groups in total. The summed E-state index contributed by atoms with van der Waals surface area (Å²) in [7, 11) is 0. The van der Waals surface area contributed by atoms with Gasteiger partial charge in [-0.1, -0.05) is 30.3 Å². The third-order valence-corrected chi connectivity index (χ3v) is 2.96. The van der Waals surface area contributed by atoms with Crippen molar-refractivity contribution < 1.29 is 9.66 Å². The zero-order valence-electron chi connectivity index (χ0n) is 10.9. The topological polar surface area (TPSA) is 52.4 Å². The molecule has 2 aromatic rings. The lowest BCUT2D eigenvalue weighted by Crippen LogP contribution is -2.00. The van der Waals surface area contributed by atoms with Crippen molar-refractivity contribution in [2.75, 3.05) is 0 Å². The molecule has 0 fully saturated rings. The minimum absolute atomic E-state index is 0.00795. The van der Waals surface area contributed by atoms with Crippen molar-refractivity contribution in [1.82, 2.24) is 0 Å². The summed E-state index contributed by atoms with van der Waals surface area (Å²) in [6.45, 7) is 4.14. The highest BCUT2D eigenvalue weighted by molar-refractivity contribution is 5.48. The van der Waals surface area contributed by atoms with Crippen LogP contribution in [0, 0.1) is 24.0 Å². The van der Waals surface area contributed by atoms with E-state index < -0.39 is 4.92 Å². The zero-order chi connectivity index (χ0) is 13.8. The van der Waals surface area contributed by atoms with Gasteiger partial charge in [0.25, 0.3) is 0 Å². The molecule has 2 rings (SSSR count). The second-order valence-corrected chi connectivity index (χ2v) is 4.44. The maximum Gasteiger partial charge on any atom is 0.311 e. The molecule has 0 aliphatic rings. The second kappa shape index (κ2) is 5.52. The molecule has 0 saturated heterocycles. The van der Waals surface area contributed by atoms with Crippen LogP contribution in [-0.2, 0) is 6.61 Å². The quantitative estimate of drug-likeness (QED) is 0.618. The molecule has 98 valence electrons. The first-order valence-corrected chi connectivity index (χ1v) is 6.00. The normalized spacial score (nSPS) is 10.2. The van der Waals surface area contributed by atoms with Gasteiger partial charge in [-0.05, 0) is 36.6 Å². The van der Waals surface area contributed by atoms with Crippen LogP contribution in [0.15, 0.2) is 42.5 Å². The number of aryl methyl sites for hydroxylation is 2. The number of ether oxygens (including phenoxy) is 1. The Kier molecular flexibility index (Phi) is 3.80. The molecule has 0 radical (unpaired) electrons. The van der Waals surface area contributed by atoms with Gasteiger partial charge in [-0.15, -0.1) is 0 Å². The van der Waals surface area contributed by atoms with E-state index in [2.05, 4.69) is 0 Å². The van der Waals surface area contributed by atoms with E-state index in [1.54, 1.807) is 12.1 Å². The van der Waals surface area contributed by atoms with Gasteiger partial charge in [0.05, 0.1) is 4.92 Å². The first-order valence-electron chi connectivity index (χ1n) is 6.00. The Morgan fingerprint density at radius 2 is 1.89 bits per heavy atom. The van der Waals surface area contributed by atoms with Gasteiger partial charge in [-0.2, -0.15) is 0 Å².